The van der Waals surface area contributed by atoms with Gasteiger partial charge in [0.25, 0.3) is 0 Å². The van der Waals surface area contributed by atoms with Crippen molar-refractivity contribution < 1.29 is 19.8 Å². The predicted octanol–water partition coefficient (Wildman–Crippen LogP) is 2.93. The molecule has 0 aromatic rings. The van der Waals surface area contributed by atoms with Crippen molar-refractivity contribution in [2.24, 2.45) is 28.6 Å². The molecule has 0 aliphatic heterocycles. The summed E-state index contributed by atoms with van der Waals surface area (Å²) >= 11 is 0. The van der Waals surface area contributed by atoms with Gasteiger partial charge in [0, 0.05) is 17.8 Å². The highest BCUT2D eigenvalue weighted by molar-refractivity contribution is 5.92. The van der Waals surface area contributed by atoms with E-state index in [-0.39, 0.29) is 22.5 Å². The molecular formula is C21H28O4. The standard InChI is InChI=1S/C21H28O4/c1-20-9-7-13(22)11-12(20)3-4-14-15-5-6-17(18(23)19(24)25)21(15,2)10-8-16(14)20/h8,11,14-15,17,19,24-25H,3-7,9-10H2,1-2H3/t14-,15-,17+,20-,21-/m0/s1. The molecule has 2 saturated carbocycles. The van der Waals surface area contributed by atoms with Crippen LogP contribution in [0.5, 0.6) is 0 Å². The van der Waals surface area contributed by atoms with Gasteiger partial charge in [-0.05, 0) is 61.9 Å². The summed E-state index contributed by atoms with van der Waals surface area (Å²) in [4.78, 5) is 24.2. The van der Waals surface area contributed by atoms with Gasteiger partial charge in [0.2, 0.25) is 6.29 Å². The van der Waals surface area contributed by atoms with E-state index < -0.39 is 12.1 Å². The third-order valence-electron chi connectivity index (χ3n) is 7.93. The SMILES string of the molecule is C[C@]12CCC(=O)C=C1CC[C@@H]1C2=CC[C@]2(C)[C@@H](C(=O)C(O)O)CC[C@@H]12. The Balaban J connectivity index is 1.70. The van der Waals surface area contributed by atoms with Crippen molar-refractivity contribution in [3.05, 3.63) is 23.3 Å². The van der Waals surface area contributed by atoms with Gasteiger partial charge < -0.3 is 10.2 Å². The number of aliphatic hydroxyl groups excluding tert-OH is 1. The molecule has 4 rings (SSSR count). The number of carbonyl (C=O) groups excluding carboxylic acids is 2. The summed E-state index contributed by atoms with van der Waals surface area (Å²) in [7, 11) is 0. The molecule has 5 atom stereocenters. The Hall–Kier alpha value is -1.26. The highest BCUT2D eigenvalue weighted by Crippen LogP contribution is 2.64. The first kappa shape index (κ1) is 17.2. The lowest BCUT2D eigenvalue weighted by Gasteiger charge is -2.53. The fourth-order valence-corrected chi connectivity index (χ4v) is 6.50. The van der Waals surface area contributed by atoms with Gasteiger partial charge in [0.1, 0.15) is 0 Å². The Kier molecular flexibility index (Phi) is 3.86. The normalized spacial score (nSPS) is 43.1. The van der Waals surface area contributed by atoms with E-state index in [2.05, 4.69) is 19.9 Å². The van der Waals surface area contributed by atoms with Crippen LogP contribution in [0.4, 0.5) is 0 Å². The second-order valence-corrected chi connectivity index (χ2v) is 9.00. The summed E-state index contributed by atoms with van der Waals surface area (Å²) in [5, 5.41) is 18.8. The fourth-order valence-electron chi connectivity index (χ4n) is 6.50. The summed E-state index contributed by atoms with van der Waals surface area (Å²) in [6.07, 6.45) is 8.48. The van der Waals surface area contributed by atoms with Crippen molar-refractivity contribution in [1.29, 1.82) is 0 Å². The van der Waals surface area contributed by atoms with Crippen LogP contribution in [0.25, 0.3) is 0 Å². The Bertz CT molecular complexity index is 688. The number of carbonyl (C=O) groups is 2. The lowest BCUT2D eigenvalue weighted by molar-refractivity contribution is -0.153. The number of hydrogen-bond acceptors (Lipinski definition) is 4. The Morgan fingerprint density at radius 2 is 1.96 bits per heavy atom. The van der Waals surface area contributed by atoms with E-state index in [1.165, 1.54) is 11.1 Å². The lowest BCUT2D eigenvalue weighted by atomic mass is 9.51. The van der Waals surface area contributed by atoms with Gasteiger partial charge in [-0.2, -0.15) is 0 Å². The first-order valence-electron chi connectivity index (χ1n) is 9.61. The molecule has 0 aromatic heterocycles. The largest absolute Gasteiger partial charge is 0.362 e. The third-order valence-corrected chi connectivity index (χ3v) is 7.93. The topological polar surface area (TPSA) is 74.6 Å². The number of allylic oxidation sites excluding steroid dienone is 4. The van der Waals surface area contributed by atoms with Crippen LogP contribution in [0.2, 0.25) is 0 Å². The van der Waals surface area contributed by atoms with Crippen LogP contribution < -0.4 is 0 Å². The molecule has 0 saturated heterocycles. The zero-order valence-corrected chi connectivity index (χ0v) is 15.1. The van der Waals surface area contributed by atoms with E-state index in [0.29, 0.717) is 18.3 Å². The number of fused-ring (bicyclic) bond motifs is 5. The molecule has 0 unspecified atom stereocenters. The highest BCUT2D eigenvalue weighted by Gasteiger charge is 2.57. The first-order chi connectivity index (χ1) is 11.8. The predicted molar refractivity (Wildman–Crippen MR) is 93.4 cm³/mol. The van der Waals surface area contributed by atoms with Gasteiger partial charge in [-0.3, -0.25) is 9.59 Å². The summed E-state index contributed by atoms with van der Waals surface area (Å²) in [6, 6.07) is 0. The van der Waals surface area contributed by atoms with Crippen molar-refractivity contribution >= 4 is 11.6 Å². The lowest BCUT2D eigenvalue weighted by Crippen LogP contribution is -2.46. The fraction of sp³-hybridized carbons (Fsp3) is 0.714. The Labute approximate surface area is 149 Å². The van der Waals surface area contributed by atoms with Gasteiger partial charge in [-0.1, -0.05) is 31.1 Å². The highest BCUT2D eigenvalue weighted by atomic mass is 16.5. The number of hydrogen-bond donors (Lipinski definition) is 2. The molecule has 0 spiro atoms. The van der Waals surface area contributed by atoms with Crippen LogP contribution in [-0.4, -0.2) is 28.1 Å². The molecule has 0 bridgehead atoms. The van der Waals surface area contributed by atoms with Crippen molar-refractivity contribution in [1.82, 2.24) is 0 Å². The smallest absolute Gasteiger partial charge is 0.213 e. The van der Waals surface area contributed by atoms with E-state index >= 15 is 0 Å². The van der Waals surface area contributed by atoms with Gasteiger partial charge >= 0.3 is 0 Å². The molecule has 25 heavy (non-hydrogen) atoms. The molecule has 4 nitrogen and oxygen atoms in total. The molecule has 136 valence electrons. The second-order valence-electron chi connectivity index (χ2n) is 9.00. The summed E-state index contributed by atoms with van der Waals surface area (Å²) in [5.41, 5.74) is 2.62. The summed E-state index contributed by atoms with van der Waals surface area (Å²) < 4.78 is 0. The number of rotatable bonds is 2. The monoisotopic (exact) mass is 344 g/mol. The molecule has 4 aliphatic carbocycles. The minimum atomic E-state index is -1.85. The van der Waals surface area contributed by atoms with E-state index in [9.17, 15) is 19.8 Å². The number of ketones is 2. The molecule has 4 heteroatoms. The first-order valence-corrected chi connectivity index (χ1v) is 9.61. The number of Topliss-reactive ketones (excluding diaryl/α,β-unsaturated/α-hetero) is 1. The summed E-state index contributed by atoms with van der Waals surface area (Å²) in [5.74, 6) is 0.482. The third kappa shape index (κ3) is 2.33. The van der Waals surface area contributed by atoms with Gasteiger partial charge in [-0.15, -0.1) is 0 Å². The quantitative estimate of drug-likeness (QED) is 0.597. The van der Waals surface area contributed by atoms with Crippen LogP contribution in [0.15, 0.2) is 23.3 Å². The van der Waals surface area contributed by atoms with Crippen LogP contribution in [-0.2, 0) is 9.59 Å². The molecule has 2 fully saturated rings. The van der Waals surface area contributed by atoms with E-state index in [0.717, 1.165) is 38.5 Å². The van der Waals surface area contributed by atoms with E-state index in [1.54, 1.807) is 0 Å². The van der Waals surface area contributed by atoms with E-state index in [1.807, 2.05) is 6.08 Å². The molecule has 0 amide bonds. The van der Waals surface area contributed by atoms with Gasteiger partial charge in [-0.25, -0.2) is 0 Å². The molecule has 0 heterocycles. The molecule has 0 radical (unpaired) electrons. The maximum absolute atomic E-state index is 12.3. The van der Waals surface area contributed by atoms with Crippen LogP contribution in [0.3, 0.4) is 0 Å². The van der Waals surface area contributed by atoms with Gasteiger partial charge in [0.05, 0.1) is 0 Å². The number of aliphatic hydroxyl groups is 2. The maximum Gasteiger partial charge on any atom is 0.213 e. The Morgan fingerprint density at radius 1 is 1.20 bits per heavy atom. The molecule has 0 aromatic carbocycles. The maximum atomic E-state index is 12.3. The van der Waals surface area contributed by atoms with Crippen molar-refractivity contribution in [2.45, 2.75) is 65.1 Å². The second kappa shape index (κ2) is 5.62. The van der Waals surface area contributed by atoms with Crippen LogP contribution in [0, 0.1) is 28.6 Å². The summed E-state index contributed by atoms with van der Waals surface area (Å²) in [6.45, 7) is 4.46. The van der Waals surface area contributed by atoms with Crippen molar-refractivity contribution in [3.8, 4) is 0 Å². The van der Waals surface area contributed by atoms with E-state index in [4.69, 9.17) is 0 Å². The minimum absolute atomic E-state index is 0.0107. The minimum Gasteiger partial charge on any atom is -0.362 e. The average Bonchev–Trinajstić information content (AvgIpc) is 2.92. The molecule has 4 aliphatic rings. The van der Waals surface area contributed by atoms with Crippen LogP contribution >= 0.6 is 0 Å². The zero-order chi connectivity index (χ0) is 18.0. The molecular weight excluding hydrogens is 316 g/mol. The van der Waals surface area contributed by atoms with Gasteiger partial charge in [0.15, 0.2) is 11.6 Å². The van der Waals surface area contributed by atoms with Crippen LogP contribution in [0.1, 0.15) is 58.8 Å². The van der Waals surface area contributed by atoms with Crippen molar-refractivity contribution in [3.63, 3.8) is 0 Å². The zero-order valence-electron chi connectivity index (χ0n) is 15.1. The molecule has 2 N–H and O–H groups in total. The average molecular weight is 344 g/mol. The Morgan fingerprint density at radius 3 is 2.68 bits per heavy atom. The van der Waals surface area contributed by atoms with Crippen molar-refractivity contribution in [2.75, 3.05) is 0 Å².